The van der Waals surface area contributed by atoms with Crippen molar-refractivity contribution in [2.45, 2.75) is 19.9 Å². The van der Waals surface area contributed by atoms with Crippen LogP contribution in [0, 0.1) is 13.8 Å². The van der Waals surface area contributed by atoms with E-state index in [0.717, 1.165) is 42.3 Å². The third kappa shape index (κ3) is 4.89. The van der Waals surface area contributed by atoms with Crippen molar-refractivity contribution in [2.24, 2.45) is 0 Å². The Bertz CT molecular complexity index is 800. The third-order valence-electron chi connectivity index (χ3n) is 5.47. The molecule has 144 valence electrons. The van der Waals surface area contributed by atoms with E-state index in [4.69, 9.17) is 11.6 Å². The van der Waals surface area contributed by atoms with Crippen LogP contribution >= 0.6 is 11.6 Å². The van der Waals surface area contributed by atoms with E-state index >= 15 is 0 Å². The molecule has 4 nitrogen and oxygen atoms in total. The third-order valence-corrected chi connectivity index (χ3v) is 5.81. The number of halogens is 1. The zero-order valence-electron chi connectivity index (χ0n) is 16.3. The summed E-state index contributed by atoms with van der Waals surface area (Å²) in [5.74, 6) is -0.0377. The van der Waals surface area contributed by atoms with Crippen molar-refractivity contribution in [3.63, 3.8) is 0 Å². The van der Waals surface area contributed by atoms with Crippen molar-refractivity contribution in [2.75, 3.05) is 39.8 Å². The van der Waals surface area contributed by atoms with E-state index in [-0.39, 0.29) is 11.9 Å². The number of likely N-dealkylation sites (N-methyl/N-ethyl adjacent to an activating group) is 1. The van der Waals surface area contributed by atoms with Crippen LogP contribution < -0.4 is 5.32 Å². The summed E-state index contributed by atoms with van der Waals surface area (Å²) in [7, 11) is 2.14. The summed E-state index contributed by atoms with van der Waals surface area (Å²) >= 11 is 6.49. The Hall–Kier alpha value is -1.88. The van der Waals surface area contributed by atoms with E-state index in [1.54, 1.807) is 0 Å². The fraction of sp³-hybridized carbons (Fsp3) is 0.409. The molecule has 1 atom stereocenters. The molecule has 1 heterocycles. The molecule has 1 unspecified atom stereocenters. The highest BCUT2D eigenvalue weighted by Crippen LogP contribution is 2.28. The number of rotatable bonds is 5. The molecular formula is C22H28ClN3O. The van der Waals surface area contributed by atoms with E-state index in [2.05, 4.69) is 35.2 Å². The number of nitrogens with zero attached hydrogens (tertiary/aromatic N) is 2. The van der Waals surface area contributed by atoms with Gasteiger partial charge in [-0.05, 0) is 55.8 Å². The van der Waals surface area contributed by atoms with Crippen molar-refractivity contribution in [1.82, 2.24) is 15.1 Å². The molecule has 2 aromatic carbocycles. The van der Waals surface area contributed by atoms with E-state index in [9.17, 15) is 4.79 Å². The minimum Gasteiger partial charge on any atom is -0.350 e. The molecule has 0 radical (unpaired) electrons. The number of hydrogen-bond acceptors (Lipinski definition) is 3. The lowest BCUT2D eigenvalue weighted by molar-refractivity contribution is 0.0886. The van der Waals surface area contributed by atoms with Crippen molar-refractivity contribution in [3.05, 3.63) is 69.7 Å². The predicted octanol–water partition coefficient (Wildman–Crippen LogP) is 3.68. The first-order valence-corrected chi connectivity index (χ1v) is 9.86. The second-order valence-electron chi connectivity index (χ2n) is 7.39. The van der Waals surface area contributed by atoms with E-state index in [1.165, 1.54) is 5.56 Å². The van der Waals surface area contributed by atoms with Gasteiger partial charge in [-0.1, -0.05) is 35.9 Å². The van der Waals surface area contributed by atoms with E-state index in [1.807, 2.05) is 43.3 Å². The first-order valence-electron chi connectivity index (χ1n) is 9.48. The SMILES string of the molecule is Cc1ccc(C(=O)NCC(c2ccccc2Cl)N2CCN(C)CC2)cc1C. The van der Waals surface area contributed by atoms with Crippen LogP contribution in [0.2, 0.25) is 5.02 Å². The number of aryl methyl sites for hydroxylation is 2. The Kier molecular flexibility index (Phi) is 6.53. The fourth-order valence-electron chi connectivity index (χ4n) is 3.49. The maximum atomic E-state index is 12.7. The molecule has 1 fully saturated rings. The molecule has 3 rings (SSSR count). The summed E-state index contributed by atoms with van der Waals surface area (Å²) in [5.41, 5.74) is 4.10. The van der Waals surface area contributed by atoms with Gasteiger partial charge in [-0.15, -0.1) is 0 Å². The van der Waals surface area contributed by atoms with Crippen molar-refractivity contribution in [1.29, 1.82) is 0 Å². The van der Waals surface area contributed by atoms with Crippen LogP contribution in [0.4, 0.5) is 0 Å². The van der Waals surface area contributed by atoms with Crippen LogP contribution in [0.5, 0.6) is 0 Å². The molecule has 1 aliphatic heterocycles. The van der Waals surface area contributed by atoms with E-state index in [0.29, 0.717) is 12.1 Å². The number of benzene rings is 2. The Morgan fingerprint density at radius 2 is 1.78 bits per heavy atom. The highest BCUT2D eigenvalue weighted by atomic mass is 35.5. The fourth-order valence-corrected chi connectivity index (χ4v) is 3.75. The Morgan fingerprint density at radius 1 is 1.07 bits per heavy atom. The molecule has 0 saturated carbocycles. The first kappa shape index (κ1) is 19.9. The molecule has 27 heavy (non-hydrogen) atoms. The van der Waals surface area contributed by atoms with E-state index < -0.39 is 0 Å². The van der Waals surface area contributed by atoms with Crippen LogP contribution in [0.15, 0.2) is 42.5 Å². The summed E-state index contributed by atoms with van der Waals surface area (Å²) < 4.78 is 0. The molecule has 0 aromatic heterocycles. The van der Waals surface area contributed by atoms with Gasteiger partial charge in [0.2, 0.25) is 0 Å². The van der Waals surface area contributed by atoms with Crippen LogP contribution in [0.3, 0.4) is 0 Å². The standard InChI is InChI=1S/C22H28ClN3O/c1-16-8-9-18(14-17(16)2)22(27)24-15-21(19-6-4-5-7-20(19)23)26-12-10-25(3)11-13-26/h4-9,14,21H,10-13,15H2,1-3H3,(H,24,27). The number of carbonyl (C=O) groups is 1. The number of hydrogen-bond donors (Lipinski definition) is 1. The second kappa shape index (κ2) is 8.87. The maximum Gasteiger partial charge on any atom is 0.251 e. The second-order valence-corrected chi connectivity index (χ2v) is 7.79. The summed E-state index contributed by atoms with van der Waals surface area (Å²) in [6, 6.07) is 13.8. The van der Waals surface area contributed by atoms with Crippen LogP contribution in [0.25, 0.3) is 0 Å². The molecule has 0 aliphatic carbocycles. The molecule has 5 heteroatoms. The lowest BCUT2D eigenvalue weighted by Crippen LogP contribution is -2.48. The highest BCUT2D eigenvalue weighted by Gasteiger charge is 2.26. The van der Waals surface area contributed by atoms with Gasteiger partial charge < -0.3 is 10.2 Å². The minimum absolute atomic E-state index is 0.0377. The lowest BCUT2D eigenvalue weighted by atomic mass is 10.0. The summed E-state index contributed by atoms with van der Waals surface area (Å²) in [4.78, 5) is 17.4. The monoisotopic (exact) mass is 385 g/mol. The molecule has 1 aliphatic rings. The van der Waals surface area contributed by atoms with Gasteiger partial charge in [0.15, 0.2) is 0 Å². The quantitative estimate of drug-likeness (QED) is 0.852. The Morgan fingerprint density at radius 3 is 2.44 bits per heavy atom. The molecule has 0 bridgehead atoms. The zero-order valence-corrected chi connectivity index (χ0v) is 17.1. The average Bonchev–Trinajstić information content (AvgIpc) is 2.66. The Balaban J connectivity index is 1.76. The summed E-state index contributed by atoms with van der Waals surface area (Å²) in [5, 5.41) is 3.88. The van der Waals surface area contributed by atoms with Crippen molar-refractivity contribution < 1.29 is 4.79 Å². The van der Waals surface area contributed by atoms with Gasteiger partial charge in [0.25, 0.3) is 5.91 Å². The van der Waals surface area contributed by atoms with Gasteiger partial charge in [-0.3, -0.25) is 9.69 Å². The molecule has 2 aromatic rings. The highest BCUT2D eigenvalue weighted by molar-refractivity contribution is 6.31. The van der Waals surface area contributed by atoms with Gasteiger partial charge in [0.1, 0.15) is 0 Å². The first-order chi connectivity index (χ1) is 13.0. The van der Waals surface area contributed by atoms with Gasteiger partial charge in [-0.25, -0.2) is 0 Å². The maximum absolute atomic E-state index is 12.7. The normalized spacial score (nSPS) is 16.9. The summed E-state index contributed by atoms with van der Waals surface area (Å²) in [6.45, 7) is 8.59. The topological polar surface area (TPSA) is 35.6 Å². The number of piperazine rings is 1. The lowest BCUT2D eigenvalue weighted by Gasteiger charge is -2.38. The molecule has 0 spiro atoms. The smallest absolute Gasteiger partial charge is 0.251 e. The molecular weight excluding hydrogens is 358 g/mol. The average molecular weight is 386 g/mol. The van der Waals surface area contributed by atoms with Gasteiger partial charge in [0, 0.05) is 43.3 Å². The largest absolute Gasteiger partial charge is 0.350 e. The van der Waals surface area contributed by atoms with Crippen molar-refractivity contribution >= 4 is 17.5 Å². The van der Waals surface area contributed by atoms with Gasteiger partial charge in [-0.2, -0.15) is 0 Å². The molecule has 1 amide bonds. The van der Waals surface area contributed by atoms with Crippen molar-refractivity contribution in [3.8, 4) is 0 Å². The van der Waals surface area contributed by atoms with Crippen LogP contribution in [-0.2, 0) is 0 Å². The van der Waals surface area contributed by atoms with Crippen LogP contribution in [0.1, 0.15) is 33.1 Å². The van der Waals surface area contributed by atoms with Gasteiger partial charge in [0.05, 0.1) is 6.04 Å². The summed E-state index contributed by atoms with van der Waals surface area (Å²) in [6.07, 6.45) is 0. The van der Waals surface area contributed by atoms with Crippen LogP contribution in [-0.4, -0.2) is 55.5 Å². The number of carbonyl (C=O) groups excluding carboxylic acids is 1. The van der Waals surface area contributed by atoms with Gasteiger partial charge >= 0.3 is 0 Å². The molecule has 1 N–H and O–H groups in total. The zero-order chi connectivity index (χ0) is 19.4. The number of nitrogens with one attached hydrogen (secondary N) is 1. The minimum atomic E-state index is -0.0377. The molecule has 1 saturated heterocycles. The Labute approximate surface area is 167 Å². The predicted molar refractivity (Wildman–Crippen MR) is 112 cm³/mol. The number of amides is 1.